The number of primary sulfonamides is 1. The second-order valence-corrected chi connectivity index (χ2v) is 6.88. The number of nitrogens with two attached hydrogens (primary N) is 1. The predicted octanol–water partition coefficient (Wildman–Crippen LogP) is 2.39. The summed E-state index contributed by atoms with van der Waals surface area (Å²) in [6, 6.07) is 11.8. The van der Waals surface area contributed by atoms with Crippen LogP contribution in [0, 0.1) is 9.39 Å². The van der Waals surface area contributed by atoms with Crippen molar-refractivity contribution in [3.05, 3.63) is 63.5 Å². The molecule has 0 radical (unpaired) electrons. The molecule has 0 aliphatic carbocycles. The summed E-state index contributed by atoms with van der Waals surface area (Å²) in [6.45, 7) is 0. The molecule has 0 aliphatic rings. The third-order valence-corrected chi connectivity index (χ3v) is 4.42. The fourth-order valence-corrected chi connectivity index (χ4v) is 2.52. The second-order valence-electron chi connectivity index (χ2n) is 4.16. The molecule has 0 spiro atoms. The first-order valence-electron chi connectivity index (χ1n) is 5.93. The Balaban J connectivity index is 0.000000220. The van der Waals surface area contributed by atoms with Gasteiger partial charge in [-0.15, -0.1) is 0 Å². The normalized spacial score (nSPS) is 10.5. The fraction of sp³-hybridized carbons (Fsp3) is 0.0714. The molecular formula is C14H13FINO4S. The number of sulfonamides is 1. The second kappa shape index (κ2) is 8.20. The summed E-state index contributed by atoms with van der Waals surface area (Å²) >= 11 is 2.13. The number of hydrogen-bond acceptors (Lipinski definition) is 3. The fourth-order valence-electron chi connectivity index (χ4n) is 1.43. The number of hydrogen-bond donors (Lipinski definition) is 2. The minimum absolute atomic E-state index is 0.0844. The van der Waals surface area contributed by atoms with Crippen molar-refractivity contribution in [3.63, 3.8) is 0 Å². The van der Waals surface area contributed by atoms with Crippen LogP contribution < -0.4 is 5.14 Å². The highest BCUT2D eigenvalue weighted by Gasteiger charge is 2.05. The molecule has 3 N–H and O–H groups in total. The van der Waals surface area contributed by atoms with Crippen molar-refractivity contribution in [1.29, 1.82) is 0 Å². The minimum atomic E-state index is -3.69. The number of carboxylic acids is 1. The summed E-state index contributed by atoms with van der Waals surface area (Å²) in [6.07, 6.45) is 0.110. The van der Waals surface area contributed by atoms with Gasteiger partial charge in [0.15, 0.2) is 0 Å². The van der Waals surface area contributed by atoms with Gasteiger partial charge in [-0.25, -0.2) is 17.9 Å². The molecule has 22 heavy (non-hydrogen) atoms. The molecular weight excluding hydrogens is 424 g/mol. The van der Waals surface area contributed by atoms with E-state index in [2.05, 4.69) is 22.6 Å². The predicted molar refractivity (Wildman–Crippen MR) is 88.3 cm³/mol. The summed E-state index contributed by atoms with van der Waals surface area (Å²) in [5, 5.41) is 13.2. The SMILES string of the molecule is NS(=O)(=O)c1ccc(F)cc1.O=C(O)Cc1ccccc1I. The Morgan fingerprint density at radius 2 is 1.68 bits per heavy atom. The van der Waals surface area contributed by atoms with Gasteiger partial charge in [-0.05, 0) is 58.5 Å². The number of benzene rings is 2. The Kier molecular flexibility index (Phi) is 6.91. The van der Waals surface area contributed by atoms with E-state index in [0.29, 0.717) is 0 Å². The number of carbonyl (C=O) groups is 1. The highest BCUT2D eigenvalue weighted by atomic mass is 127. The number of halogens is 2. The molecule has 0 atom stereocenters. The van der Waals surface area contributed by atoms with E-state index in [1.54, 1.807) is 0 Å². The van der Waals surface area contributed by atoms with Gasteiger partial charge in [0.2, 0.25) is 10.0 Å². The van der Waals surface area contributed by atoms with Crippen molar-refractivity contribution >= 4 is 38.6 Å². The van der Waals surface area contributed by atoms with Crippen LogP contribution in [0.1, 0.15) is 5.56 Å². The van der Waals surface area contributed by atoms with E-state index in [9.17, 15) is 17.6 Å². The van der Waals surface area contributed by atoms with E-state index in [1.807, 2.05) is 24.3 Å². The van der Waals surface area contributed by atoms with E-state index in [4.69, 9.17) is 10.2 Å². The van der Waals surface area contributed by atoms with Crippen LogP contribution in [-0.2, 0) is 21.2 Å². The number of aliphatic carboxylic acids is 1. The van der Waals surface area contributed by atoms with Gasteiger partial charge in [0, 0.05) is 3.57 Å². The lowest BCUT2D eigenvalue weighted by Gasteiger charge is -1.98. The lowest BCUT2D eigenvalue weighted by Crippen LogP contribution is -2.11. The van der Waals surface area contributed by atoms with Crippen molar-refractivity contribution in [2.24, 2.45) is 5.14 Å². The molecule has 118 valence electrons. The lowest BCUT2D eigenvalue weighted by molar-refractivity contribution is -0.136. The molecule has 0 unspecified atom stereocenters. The molecule has 0 bridgehead atoms. The molecule has 0 heterocycles. The van der Waals surface area contributed by atoms with Crippen molar-refractivity contribution in [2.75, 3.05) is 0 Å². The van der Waals surface area contributed by atoms with E-state index in [0.717, 1.165) is 33.4 Å². The molecule has 2 aromatic rings. The van der Waals surface area contributed by atoms with Gasteiger partial charge in [-0.3, -0.25) is 4.79 Å². The highest BCUT2D eigenvalue weighted by molar-refractivity contribution is 14.1. The van der Waals surface area contributed by atoms with Crippen molar-refractivity contribution in [1.82, 2.24) is 0 Å². The molecule has 0 fully saturated rings. The Hall–Kier alpha value is -1.52. The molecule has 2 aromatic carbocycles. The first kappa shape index (κ1) is 18.5. The van der Waals surface area contributed by atoms with Gasteiger partial charge in [-0.1, -0.05) is 18.2 Å². The molecule has 0 saturated heterocycles. The maximum atomic E-state index is 12.2. The van der Waals surface area contributed by atoms with Gasteiger partial charge in [-0.2, -0.15) is 0 Å². The minimum Gasteiger partial charge on any atom is -0.481 e. The zero-order valence-corrected chi connectivity index (χ0v) is 14.2. The van der Waals surface area contributed by atoms with Gasteiger partial charge in [0.05, 0.1) is 11.3 Å². The zero-order valence-electron chi connectivity index (χ0n) is 11.2. The van der Waals surface area contributed by atoms with E-state index in [-0.39, 0.29) is 11.3 Å². The van der Waals surface area contributed by atoms with Gasteiger partial charge < -0.3 is 5.11 Å². The Labute approximate surface area is 141 Å². The van der Waals surface area contributed by atoms with Crippen molar-refractivity contribution < 1.29 is 22.7 Å². The molecule has 0 aromatic heterocycles. The molecule has 0 saturated carbocycles. The van der Waals surface area contributed by atoms with Gasteiger partial charge >= 0.3 is 5.97 Å². The van der Waals surface area contributed by atoms with Crippen LogP contribution in [0.15, 0.2) is 53.4 Å². The van der Waals surface area contributed by atoms with Crippen LogP contribution in [0.2, 0.25) is 0 Å². The molecule has 8 heteroatoms. The summed E-state index contributed by atoms with van der Waals surface area (Å²) in [5.74, 6) is -1.27. The average molecular weight is 437 g/mol. The molecule has 5 nitrogen and oxygen atoms in total. The van der Waals surface area contributed by atoms with E-state index < -0.39 is 21.8 Å². The van der Waals surface area contributed by atoms with Crippen LogP contribution in [0.5, 0.6) is 0 Å². The Morgan fingerprint density at radius 3 is 2.14 bits per heavy atom. The van der Waals surface area contributed by atoms with Crippen LogP contribution in [0.3, 0.4) is 0 Å². The Bertz CT molecular complexity index is 748. The molecule has 0 amide bonds. The summed E-state index contributed by atoms with van der Waals surface area (Å²) < 4.78 is 34.4. The number of rotatable bonds is 3. The third kappa shape index (κ3) is 6.50. The average Bonchev–Trinajstić information content (AvgIpc) is 2.41. The van der Waals surface area contributed by atoms with Crippen LogP contribution in [-0.4, -0.2) is 19.5 Å². The van der Waals surface area contributed by atoms with Crippen LogP contribution in [0.25, 0.3) is 0 Å². The quantitative estimate of drug-likeness (QED) is 0.721. The maximum Gasteiger partial charge on any atom is 0.307 e. The molecule has 0 aliphatic heterocycles. The zero-order chi connectivity index (χ0) is 16.8. The summed E-state index contributed by atoms with van der Waals surface area (Å²) in [4.78, 5) is 10.2. The number of carboxylic acid groups (broad SMARTS) is 1. The van der Waals surface area contributed by atoms with Crippen LogP contribution >= 0.6 is 22.6 Å². The van der Waals surface area contributed by atoms with Crippen molar-refractivity contribution in [3.8, 4) is 0 Å². The van der Waals surface area contributed by atoms with Crippen molar-refractivity contribution in [2.45, 2.75) is 11.3 Å². The molecule has 2 rings (SSSR count). The summed E-state index contributed by atoms with van der Waals surface area (Å²) in [7, 11) is -3.69. The highest BCUT2D eigenvalue weighted by Crippen LogP contribution is 2.11. The maximum absolute atomic E-state index is 12.2. The van der Waals surface area contributed by atoms with E-state index in [1.165, 1.54) is 0 Å². The van der Waals surface area contributed by atoms with Crippen LogP contribution in [0.4, 0.5) is 4.39 Å². The first-order valence-corrected chi connectivity index (χ1v) is 8.56. The van der Waals surface area contributed by atoms with Gasteiger partial charge in [0.25, 0.3) is 0 Å². The van der Waals surface area contributed by atoms with Gasteiger partial charge in [0.1, 0.15) is 5.82 Å². The van der Waals surface area contributed by atoms with E-state index >= 15 is 0 Å². The topological polar surface area (TPSA) is 97.5 Å². The first-order chi connectivity index (χ1) is 10.2. The largest absolute Gasteiger partial charge is 0.481 e. The third-order valence-electron chi connectivity index (χ3n) is 2.44. The Morgan fingerprint density at radius 1 is 1.14 bits per heavy atom. The standard InChI is InChI=1S/C8H7IO2.C6H6FNO2S/c9-7-4-2-1-3-6(7)5-8(10)11;7-5-1-3-6(4-2-5)11(8,9)10/h1-4H,5H2,(H,10,11);1-4H,(H2,8,9,10). The lowest BCUT2D eigenvalue weighted by atomic mass is 10.2. The summed E-state index contributed by atoms with van der Waals surface area (Å²) in [5.41, 5.74) is 0.876. The monoisotopic (exact) mass is 437 g/mol. The smallest absolute Gasteiger partial charge is 0.307 e.